The van der Waals surface area contributed by atoms with Crippen LogP contribution in [-0.2, 0) is 0 Å². The molecule has 1 aromatic carbocycles. The van der Waals surface area contributed by atoms with Gasteiger partial charge < -0.3 is 10.2 Å². The van der Waals surface area contributed by atoms with Crippen LogP contribution in [0.5, 0.6) is 5.75 Å². The Morgan fingerprint density at radius 3 is 2.63 bits per heavy atom. The quantitative estimate of drug-likeness (QED) is 0.864. The number of pyridine rings is 1. The maximum Gasteiger partial charge on any atom is 0.353 e. The minimum atomic E-state index is -1.44. The second-order valence-corrected chi connectivity index (χ2v) is 3.99. The number of nitrogens with zero attached hydrogens (tertiary/aromatic N) is 1. The summed E-state index contributed by atoms with van der Waals surface area (Å²) in [7, 11) is 0. The Bertz CT molecular complexity index is 721. The van der Waals surface area contributed by atoms with Gasteiger partial charge in [0.15, 0.2) is 0 Å². The van der Waals surface area contributed by atoms with Crippen LogP contribution in [0.2, 0.25) is 0 Å². The molecule has 19 heavy (non-hydrogen) atoms. The summed E-state index contributed by atoms with van der Waals surface area (Å²) < 4.78 is 14.7. The summed E-state index contributed by atoms with van der Waals surface area (Å²) in [4.78, 5) is 22.9. The van der Waals surface area contributed by atoms with Gasteiger partial charge in [0.05, 0.1) is 5.69 Å². The van der Waals surface area contributed by atoms with Crippen LogP contribution in [-0.4, -0.2) is 20.7 Å². The number of hydrogen-bond donors (Lipinski definition) is 2. The number of halogens is 1. The SMILES string of the molecule is Cc1cccc(-n2c(C(=O)O)cc(O)cc2=O)c1F. The van der Waals surface area contributed by atoms with E-state index in [1.165, 1.54) is 25.1 Å². The predicted octanol–water partition coefficient (Wildman–Crippen LogP) is 1.69. The third-order valence-corrected chi connectivity index (χ3v) is 2.65. The van der Waals surface area contributed by atoms with Gasteiger partial charge in [0.25, 0.3) is 5.56 Å². The minimum Gasteiger partial charge on any atom is -0.508 e. The van der Waals surface area contributed by atoms with Gasteiger partial charge >= 0.3 is 5.97 Å². The Labute approximate surface area is 107 Å². The number of aryl methyl sites for hydroxylation is 1. The van der Waals surface area contributed by atoms with Crippen molar-refractivity contribution in [3.63, 3.8) is 0 Å². The largest absolute Gasteiger partial charge is 0.508 e. The molecule has 1 aromatic heterocycles. The first-order valence-corrected chi connectivity index (χ1v) is 5.36. The lowest BCUT2D eigenvalue weighted by molar-refractivity contribution is 0.0686. The van der Waals surface area contributed by atoms with Crippen molar-refractivity contribution in [2.24, 2.45) is 0 Å². The van der Waals surface area contributed by atoms with E-state index in [1.807, 2.05) is 0 Å². The zero-order valence-corrected chi connectivity index (χ0v) is 9.92. The lowest BCUT2D eigenvalue weighted by atomic mass is 10.2. The van der Waals surface area contributed by atoms with Crippen LogP contribution < -0.4 is 5.56 Å². The molecule has 0 unspecified atom stereocenters. The third kappa shape index (κ3) is 2.20. The summed E-state index contributed by atoms with van der Waals surface area (Å²) in [5, 5.41) is 18.3. The number of carbonyl (C=O) groups is 1. The smallest absolute Gasteiger partial charge is 0.353 e. The highest BCUT2D eigenvalue weighted by atomic mass is 19.1. The maximum atomic E-state index is 14.0. The first kappa shape index (κ1) is 12.8. The van der Waals surface area contributed by atoms with Crippen molar-refractivity contribution in [3.05, 3.63) is 57.8 Å². The van der Waals surface area contributed by atoms with E-state index < -0.39 is 28.8 Å². The van der Waals surface area contributed by atoms with Gasteiger partial charge in [-0.2, -0.15) is 0 Å². The highest BCUT2D eigenvalue weighted by Crippen LogP contribution is 2.19. The lowest BCUT2D eigenvalue weighted by Crippen LogP contribution is -2.24. The summed E-state index contributed by atoms with van der Waals surface area (Å²) in [5.74, 6) is -2.60. The molecule has 98 valence electrons. The van der Waals surface area contributed by atoms with Crippen LogP contribution >= 0.6 is 0 Å². The van der Waals surface area contributed by atoms with E-state index in [2.05, 4.69) is 0 Å². The number of rotatable bonds is 2. The molecule has 0 aliphatic rings. The molecule has 0 saturated carbocycles. The molecule has 2 N–H and O–H groups in total. The summed E-state index contributed by atoms with van der Waals surface area (Å²) >= 11 is 0. The van der Waals surface area contributed by atoms with Crippen molar-refractivity contribution >= 4 is 5.97 Å². The molecule has 0 aliphatic heterocycles. The van der Waals surface area contributed by atoms with Crippen molar-refractivity contribution in [3.8, 4) is 11.4 Å². The summed E-state index contributed by atoms with van der Waals surface area (Å²) in [6, 6.07) is 6.04. The molecule has 0 amide bonds. The molecular formula is C13H10FNO4. The molecule has 6 heteroatoms. The topological polar surface area (TPSA) is 79.5 Å². The molecule has 0 aliphatic carbocycles. The molecule has 0 radical (unpaired) electrons. The van der Waals surface area contributed by atoms with Crippen LogP contribution in [0.3, 0.4) is 0 Å². The molecular weight excluding hydrogens is 253 g/mol. The predicted molar refractivity (Wildman–Crippen MR) is 65.4 cm³/mol. The summed E-state index contributed by atoms with van der Waals surface area (Å²) in [6.45, 7) is 1.50. The first-order valence-electron chi connectivity index (χ1n) is 5.36. The molecule has 0 bridgehead atoms. The Balaban J connectivity index is 2.86. The second kappa shape index (κ2) is 4.56. The number of hydrogen-bond acceptors (Lipinski definition) is 3. The highest BCUT2D eigenvalue weighted by Gasteiger charge is 2.17. The minimum absolute atomic E-state index is 0.164. The molecule has 2 aromatic rings. The van der Waals surface area contributed by atoms with Crippen molar-refractivity contribution in [1.29, 1.82) is 0 Å². The van der Waals surface area contributed by atoms with Gasteiger partial charge in [-0.1, -0.05) is 12.1 Å². The highest BCUT2D eigenvalue weighted by molar-refractivity contribution is 5.87. The monoisotopic (exact) mass is 263 g/mol. The van der Waals surface area contributed by atoms with E-state index in [0.717, 1.165) is 12.1 Å². The number of carboxylic acid groups (broad SMARTS) is 1. The molecule has 0 atom stereocenters. The van der Waals surface area contributed by atoms with E-state index in [4.69, 9.17) is 5.11 Å². The zero-order valence-electron chi connectivity index (χ0n) is 9.92. The van der Waals surface area contributed by atoms with E-state index in [0.29, 0.717) is 4.57 Å². The number of aromatic hydroxyl groups is 1. The molecule has 0 fully saturated rings. The van der Waals surface area contributed by atoms with Gasteiger partial charge in [-0.25, -0.2) is 9.18 Å². The Kier molecular flexibility index (Phi) is 3.08. The van der Waals surface area contributed by atoms with Crippen molar-refractivity contribution in [2.75, 3.05) is 0 Å². The summed E-state index contributed by atoms with van der Waals surface area (Å²) in [5.41, 5.74) is -1.20. The van der Waals surface area contributed by atoms with E-state index >= 15 is 0 Å². The van der Waals surface area contributed by atoms with Crippen molar-refractivity contribution in [1.82, 2.24) is 4.57 Å². The van der Waals surface area contributed by atoms with Crippen LogP contribution in [0, 0.1) is 12.7 Å². The fourth-order valence-electron chi connectivity index (χ4n) is 1.77. The van der Waals surface area contributed by atoms with E-state index in [9.17, 15) is 19.1 Å². The average Bonchev–Trinajstić information content (AvgIpc) is 2.32. The fraction of sp³-hybridized carbons (Fsp3) is 0.0769. The lowest BCUT2D eigenvalue weighted by Gasteiger charge is -2.12. The van der Waals surface area contributed by atoms with Crippen LogP contribution in [0.1, 0.15) is 16.1 Å². The number of aromatic carboxylic acids is 1. The van der Waals surface area contributed by atoms with Crippen molar-refractivity contribution in [2.45, 2.75) is 6.92 Å². The molecule has 2 rings (SSSR count). The van der Waals surface area contributed by atoms with E-state index in [1.54, 1.807) is 0 Å². The second-order valence-electron chi connectivity index (χ2n) is 3.99. The van der Waals surface area contributed by atoms with Crippen LogP contribution in [0.25, 0.3) is 5.69 Å². The van der Waals surface area contributed by atoms with Gasteiger partial charge in [0, 0.05) is 12.1 Å². The van der Waals surface area contributed by atoms with Gasteiger partial charge in [-0.05, 0) is 18.6 Å². The van der Waals surface area contributed by atoms with Crippen LogP contribution in [0.4, 0.5) is 4.39 Å². The maximum absolute atomic E-state index is 14.0. The van der Waals surface area contributed by atoms with Gasteiger partial charge in [-0.3, -0.25) is 9.36 Å². The molecule has 5 nitrogen and oxygen atoms in total. The van der Waals surface area contributed by atoms with E-state index in [-0.39, 0.29) is 11.3 Å². The Hall–Kier alpha value is -2.63. The van der Waals surface area contributed by atoms with Gasteiger partial charge in [0.2, 0.25) is 0 Å². The number of aromatic nitrogens is 1. The number of benzene rings is 1. The fourth-order valence-corrected chi connectivity index (χ4v) is 1.77. The van der Waals surface area contributed by atoms with Crippen LogP contribution in [0.15, 0.2) is 35.1 Å². The number of carboxylic acids is 1. The zero-order chi connectivity index (χ0) is 14.2. The standard InChI is InChI=1S/C13H10FNO4/c1-7-3-2-4-9(12(7)14)15-10(13(18)19)5-8(16)6-11(15)17/h2-6,16H,1H3,(H,18,19). The van der Waals surface area contributed by atoms with Gasteiger partial charge in [0.1, 0.15) is 17.3 Å². The third-order valence-electron chi connectivity index (χ3n) is 2.65. The first-order chi connectivity index (χ1) is 8.91. The molecule has 1 heterocycles. The Morgan fingerprint density at radius 2 is 2.00 bits per heavy atom. The molecule has 0 spiro atoms. The molecule has 0 saturated heterocycles. The summed E-state index contributed by atoms with van der Waals surface area (Å²) in [6.07, 6.45) is 0. The Morgan fingerprint density at radius 1 is 1.32 bits per heavy atom. The van der Waals surface area contributed by atoms with Gasteiger partial charge in [-0.15, -0.1) is 0 Å². The average molecular weight is 263 g/mol. The normalized spacial score (nSPS) is 10.4. The van der Waals surface area contributed by atoms with Crippen molar-refractivity contribution < 1.29 is 19.4 Å².